The number of amides is 1. The predicted octanol–water partition coefficient (Wildman–Crippen LogP) is 3.78. The molecule has 0 fully saturated rings. The van der Waals surface area contributed by atoms with Crippen LogP contribution in [0.3, 0.4) is 0 Å². The van der Waals surface area contributed by atoms with Crippen molar-refractivity contribution in [2.75, 3.05) is 23.9 Å². The highest BCUT2D eigenvalue weighted by atomic mass is 16.5. The Balaban J connectivity index is 1.77. The standard InChI is InChI=1S/C20H24N2O2/c1-14-8-11-19(24-3)17(12-14)21-20(23)13-22-15(2)9-10-16-6-4-5-7-18(16)22/h4-8,11-12,15H,9-10,13H2,1-3H3,(H,21,23). The van der Waals surface area contributed by atoms with Crippen LogP contribution in [0.2, 0.25) is 0 Å². The summed E-state index contributed by atoms with van der Waals surface area (Å²) < 4.78 is 5.34. The van der Waals surface area contributed by atoms with Crippen molar-refractivity contribution in [3.63, 3.8) is 0 Å². The number of ether oxygens (including phenoxy) is 1. The molecule has 1 atom stereocenters. The smallest absolute Gasteiger partial charge is 0.244 e. The summed E-state index contributed by atoms with van der Waals surface area (Å²) in [5, 5.41) is 3.00. The quantitative estimate of drug-likeness (QED) is 0.930. The summed E-state index contributed by atoms with van der Waals surface area (Å²) in [7, 11) is 1.61. The van der Waals surface area contributed by atoms with Gasteiger partial charge in [0.25, 0.3) is 0 Å². The van der Waals surface area contributed by atoms with Gasteiger partial charge in [0.2, 0.25) is 5.91 Å². The van der Waals surface area contributed by atoms with Crippen LogP contribution in [0.15, 0.2) is 42.5 Å². The van der Waals surface area contributed by atoms with Gasteiger partial charge in [0.05, 0.1) is 19.3 Å². The Morgan fingerprint density at radius 2 is 2.08 bits per heavy atom. The van der Waals surface area contributed by atoms with E-state index in [2.05, 4.69) is 35.3 Å². The van der Waals surface area contributed by atoms with E-state index >= 15 is 0 Å². The van der Waals surface area contributed by atoms with Crippen molar-refractivity contribution in [3.05, 3.63) is 53.6 Å². The first-order valence-corrected chi connectivity index (χ1v) is 8.37. The number of rotatable bonds is 4. The molecule has 0 aromatic heterocycles. The van der Waals surface area contributed by atoms with Gasteiger partial charge in [-0.1, -0.05) is 24.3 Å². The fourth-order valence-electron chi connectivity index (χ4n) is 3.27. The van der Waals surface area contributed by atoms with Crippen molar-refractivity contribution in [1.82, 2.24) is 0 Å². The molecule has 3 rings (SSSR count). The molecule has 0 saturated heterocycles. The number of hydrogen-bond acceptors (Lipinski definition) is 3. The summed E-state index contributed by atoms with van der Waals surface area (Å²) >= 11 is 0. The van der Waals surface area contributed by atoms with Crippen LogP contribution >= 0.6 is 0 Å². The number of hydrogen-bond donors (Lipinski definition) is 1. The van der Waals surface area contributed by atoms with Crippen LogP contribution in [0.5, 0.6) is 5.75 Å². The highest BCUT2D eigenvalue weighted by Crippen LogP contribution is 2.30. The summed E-state index contributed by atoms with van der Waals surface area (Å²) in [6, 6.07) is 14.5. The Labute approximate surface area is 143 Å². The van der Waals surface area contributed by atoms with Crippen molar-refractivity contribution < 1.29 is 9.53 Å². The van der Waals surface area contributed by atoms with Crippen molar-refractivity contribution >= 4 is 17.3 Å². The van der Waals surface area contributed by atoms with Crippen LogP contribution in [0, 0.1) is 6.92 Å². The van der Waals surface area contributed by atoms with Crippen LogP contribution in [-0.2, 0) is 11.2 Å². The molecular formula is C20H24N2O2. The molecule has 4 nitrogen and oxygen atoms in total. The Morgan fingerprint density at radius 1 is 1.29 bits per heavy atom. The maximum Gasteiger partial charge on any atom is 0.244 e. The lowest BCUT2D eigenvalue weighted by Gasteiger charge is -2.36. The number of carbonyl (C=O) groups is 1. The number of nitrogens with zero attached hydrogens (tertiary/aromatic N) is 1. The summed E-state index contributed by atoms with van der Waals surface area (Å²) in [6.07, 6.45) is 2.14. The maximum absolute atomic E-state index is 12.6. The van der Waals surface area contributed by atoms with Gasteiger partial charge in [0, 0.05) is 11.7 Å². The zero-order valence-corrected chi connectivity index (χ0v) is 14.5. The van der Waals surface area contributed by atoms with E-state index in [0.717, 1.165) is 24.1 Å². The Hall–Kier alpha value is -2.49. The molecule has 0 bridgehead atoms. The second kappa shape index (κ2) is 6.95. The zero-order valence-electron chi connectivity index (χ0n) is 14.5. The summed E-state index contributed by atoms with van der Waals surface area (Å²) in [6.45, 7) is 4.52. The number of benzene rings is 2. The molecule has 126 valence electrons. The zero-order chi connectivity index (χ0) is 17.1. The third-order valence-electron chi connectivity index (χ3n) is 4.61. The molecule has 2 aromatic carbocycles. The normalized spacial score (nSPS) is 16.5. The minimum absolute atomic E-state index is 0.0255. The molecule has 0 radical (unpaired) electrons. The first-order valence-electron chi connectivity index (χ1n) is 8.37. The van der Waals surface area contributed by atoms with Crippen molar-refractivity contribution in [1.29, 1.82) is 0 Å². The van der Waals surface area contributed by atoms with E-state index in [-0.39, 0.29) is 5.91 Å². The number of methoxy groups -OCH3 is 1. The molecule has 0 saturated carbocycles. The predicted molar refractivity (Wildman–Crippen MR) is 97.9 cm³/mol. The van der Waals surface area contributed by atoms with Gasteiger partial charge >= 0.3 is 0 Å². The number of aryl methyl sites for hydroxylation is 2. The molecule has 24 heavy (non-hydrogen) atoms. The molecule has 0 spiro atoms. The molecule has 1 amide bonds. The van der Waals surface area contributed by atoms with Gasteiger partial charge in [-0.05, 0) is 56.0 Å². The van der Waals surface area contributed by atoms with Crippen LogP contribution < -0.4 is 15.0 Å². The molecule has 4 heteroatoms. The summed E-state index contributed by atoms with van der Waals surface area (Å²) in [5.74, 6) is 0.656. The van der Waals surface area contributed by atoms with E-state index in [1.165, 1.54) is 11.3 Å². The Kier molecular flexibility index (Phi) is 4.74. The van der Waals surface area contributed by atoms with Crippen LogP contribution in [0.4, 0.5) is 11.4 Å². The SMILES string of the molecule is COc1ccc(C)cc1NC(=O)CN1c2ccccc2CCC1C. The monoisotopic (exact) mass is 324 g/mol. The molecular weight excluding hydrogens is 300 g/mol. The molecule has 1 aliphatic rings. The van der Waals surface area contributed by atoms with E-state index in [1.807, 2.05) is 31.2 Å². The maximum atomic E-state index is 12.6. The largest absolute Gasteiger partial charge is 0.495 e. The first kappa shape index (κ1) is 16.4. The van der Waals surface area contributed by atoms with Crippen LogP contribution in [0.25, 0.3) is 0 Å². The lowest BCUT2D eigenvalue weighted by Crippen LogP contribution is -2.42. The van der Waals surface area contributed by atoms with Gasteiger partial charge in [-0.2, -0.15) is 0 Å². The molecule has 1 aliphatic heterocycles. The number of anilines is 2. The van der Waals surface area contributed by atoms with E-state index in [1.54, 1.807) is 7.11 Å². The Morgan fingerprint density at radius 3 is 2.88 bits per heavy atom. The van der Waals surface area contributed by atoms with Gasteiger partial charge in [-0.25, -0.2) is 0 Å². The highest BCUT2D eigenvalue weighted by Gasteiger charge is 2.24. The van der Waals surface area contributed by atoms with Crippen molar-refractivity contribution in [3.8, 4) is 5.75 Å². The fourth-order valence-corrected chi connectivity index (χ4v) is 3.27. The minimum Gasteiger partial charge on any atom is -0.495 e. The van der Waals surface area contributed by atoms with Gasteiger partial charge in [-0.15, -0.1) is 0 Å². The van der Waals surface area contributed by atoms with Crippen molar-refractivity contribution in [2.24, 2.45) is 0 Å². The fraction of sp³-hybridized carbons (Fsp3) is 0.350. The third kappa shape index (κ3) is 3.37. The highest BCUT2D eigenvalue weighted by molar-refractivity contribution is 5.95. The van der Waals surface area contributed by atoms with E-state index in [4.69, 9.17) is 4.74 Å². The first-order chi connectivity index (χ1) is 11.6. The minimum atomic E-state index is -0.0255. The average molecular weight is 324 g/mol. The van der Waals surface area contributed by atoms with Crippen LogP contribution in [-0.4, -0.2) is 25.6 Å². The number of nitrogens with one attached hydrogen (secondary N) is 1. The van der Waals surface area contributed by atoms with Crippen molar-refractivity contribution in [2.45, 2.75) is 32.7 Å². The summed E-state index contributed by atoms with van der Waals surface area (Å²) in [4.78, 5) is 14.8. The molecule has 1 N–H and O–H groups in total. The second-order valence-corrected chi connectivity index (χ2v) is 6.40. The topological polar surface area (TPSA) is 41.6 Å². The number of fused-ring (bicyclic) bond motifs is 1. The lowest BCUT2D eigenvalue weighted by molar-refractivity contribution is -0.115. The van der Waals surface area contributed by atoms with Gasteiger partial charge in [0.1, 0.15) is 5.75 Å². The molecule has 1 heterocycles. The molecule has 1 unspecified atom stereocenters. The Bertz CT molecular complexity index is 742. The van der Waals surface area contributed by atoms with E-state index in [0.29, 0.717) is 18.3 Å². The lowest BCUT2D eigenvalue weighted by atomic mass is 9.96. The van der Waals surface area contributed by atoms with Gasteiger partial charge < -0.3 is 15.0 Å². The number of carbonyl (C=O) groups excluding carboxylic acids is 1. The van der Waals surface area contributed by atoms with E-state index in [9.17, 15) is 4.79 Å². The third-order valence-corrected chi connectivity index (χ3v) is 4.61. The van der Waals surface area contributed by atoms with Gasteiger partial charge in [-0.3, -0.25) is 4.79 Å². The second-order valence-electron chi connectivity index (χ2n) is 6.40. The molecule has 0 aliphatic carbocycles. The van der Waals surface area contributed by atoms with E-state index < -0.39 is 0 Å². The van der Waals surface area contributed by atoms with Crippen LogP contribution in [0.1, 0.15) is 24.5 Å². The number of para-hydroxylation sites is 1. The van der Waals surface area contributed by atoms with Gasteiger partial charge in [0.15, 0.2) is 0 Å². The summed E-state index contributed by atoms with van der Waals surface area (Å²) in [5.41, 5.74) is 4.29. The molecule has 2 aromatic rings. The average Bonchev–Trinajstić information content (AvgIpc) is 2.58.